The highest BCUT2D eigenvalue weighted by Gasteiger charge is 2.24. The van der Waals surface area contributed by atoms with Crippen LogP contribution in [0.5, 0.6) is 0 Å². The zero-order chi connectivity index (χ0) is 14.4. The van der Waals surface area contributed by atoms with Gasteiger partial charge in [0, 0.05) is 14.1 Å². The van der Waals surface area contributed by atoms with Gasteiger partial charge in [-0.1, -0.05) is 0 Å². The SMILES string of the molecule is CCOC(=O)c1c(C=O)sc(N=CN(C)C)c1C#N. The van der Waals surface area contributed by atoms with Crippen LogP contribution in [-0.4, -0.2) is 44.2 Å². The summed E-state index contributed by atoms with van der Waals surface area (Å²) in [5, 5.41) is 9.46. The van der Waals surface area contributed by atoms with E-state index in [1.807, 2.05) is 6.07 Å². The number of hydrogen-bond acceptors (Lipinski definition) is 6. The second-order valence-electron chi connectivity index (χ2n) is 3.68. The summed E-state index contributed by atoms with van der Waals surface area (Å²) in [6, 6.07) is 1.90. The van der Waals surface area contributed by atoms with E-state index in [4.69, 9.17) is 10.00 Å². The number of aliphatic imine (C=N–C) groups is 1. The number of aldehydes is 1. The Kier molecular flexibility index (Phi) is 5.21. The summed E-state index contributed by atoms with van der Waals surface area (Å²) in [5.41, 5.74) is 0.0684. The molecule has 0 atom stereocenters. The number of nitrogens with zero attached hydrogens (tertiary/aromatic N) is 3. The number of carbonyl (C=O) groups excluding carboxylic acids is 2. The summed E-state index contributed by atoms with van der Waals surface area (Å²) in [6.07, 6.45) is 2.03. The Labute approximate surface area is 114 Å². The van der Waals surface area contributed by atoms with Crippen molar-refractivity contribution in [2.24, 2.45) is 4.99 Å². The molecule has 0 amide bonds. The van der Waals surface area contributed by atoms with Crippen LogP contribution in [0.3, 0.4) is 0 Å². The van der Waals surface area contributed by atoms with Gasteiger partial charge in [-0.2, -0.15) is 5.26 Å². The van der Waals surface area contributed by atoms with Gasteiger partial charge >= 0.3 is 5.97 Å². The lowest BCUT2D eigenvalue weighted by atomic mass is 10.1. The molecule has 0 spiro atoms. The molecular weight excluding hydrogens is 266 g/mol. The molecule has 1 aromatic rings. The van der Waals surface area contributed by atoms with Crippen LogP contribution in [0.2, 0.25) is 0 Å². The fourth-order valence-corrected chi connectivity index (χ4v) is 2.18. The van der Waals surface area contributed by atoms with Crippen molar-refractivity contribution < 1.29 is 14.3 Å². The molecule has 0 unspecified atom stereocenters. The van der Waals surface area contributed by atoms with Gasteiger partial charge in [0.1, 0.15) is 22.2 Å². The second kappa shape index (κ2) is 6.66. The highest BCUT2D eigenvalue weighted by molar-refractivity contribution is 7.18. The fraction of sp³-hybridized carbons (Fsp3) is 0.333. The maximum absolute atomic E-state index is 11.8. The first kappa shape index (κ1) is 14.9. The minimum atomic E-state index is -0.677. The first-order valence-electron chi connectivity index (χ1n) is 5.44. The van der Waals surface area contributed by atoms with Gasteiger partial charge in [0.15, 0.2) is 6.29 Å². The maximum Gasteiger partial charge on any atom is 0.341 e. The molecule has 0 aliphatic carbocycles. The highest BCUT2D eigenvalue weighted by Crippen LogP contribution is 2.34. The van der Waals surface area contributed by atoms with Gasteiger partial charge in [-0.3, -0.25) is 4.79 Å². The largest absolute Gasteiger partial charge is 0.462 e. The molecule has 0 radical (unpaired) electrons. The summed E-state index contributed by atoms with van der Waals surface area (Å²) >= 11 is 0.991. The van der Waals surface area contributed by atoms with Crippen LogP contribution in [0.4, 0.5) is 5.00 Å². The molecule has 19 heavy (non-hydrogen) atoms. The first-order valence-corrected chi connectivity index (χ1v) is 6.26. The van der Waals surface area contributed by atoms with E-state index in [1.165, 1.54) is 6.34 Å². The number of thiophene rings is 1. The van der Waals surface area contributed by atoms with E-state index in [0.717, 1.165) is 11.3 Å². The molecule has 0 aliphatic rings. The fourth-order valence-electron chi connectivity index (χ4n) is 1.29. The van der Waals surface area contributed by atoms with Gasteiger partial charge in [-0.25, -0.2) is 9.79 Å². The number of nitriles is 1. The van der Waals surface area contributed by atoms with Crippen molar-refractivity contribution in [3.63, 3.8) is 0 Å². The predicted octanol–water partition coefficient (Wildman–Crippen LogP) is 1.83. The molecule has 6 nitrogen and oxygen atoms in total. The molecule has 100 valence electrons. The van der Waals surface area contributed by atoms with Crippen molar-refractivity contribution in [3.05, 3.63) is 16.0 Å². The van der Waals surface area contributed by atoms with Gasteiger partial charge in [0.05, 0.1) is 17.8 Å². The molecule has 1 rings (SSSR count). The maximum atomic E-state index is 11.8. The molecule has 7 heteroatoms. The minimum absolute atomic E-state index is 0.00439. The lowest BCUT2D eigenvalue weighted by Crippen LogP contribution is -2.08. The molecule has 0 N–H and O–H groups in total. The zero-order valence-corrected chi connectivity index (χ0v) is 11.7. The van der Waals surface area contributed by atoms with Gasteiger partial charge < -0.3 is 9.64 Å². The standard InChI is InChI=1S/C12H13N3O3S/c1-4-18-12(17)10-8(5-13)11(14-7-15(2)3)19-9(10)6-16/h6-7H,4H2,1-3H3. The summed E-state index contributed by atoms with van der Waals surface area (Å²) in [5.74, 6) is -0.677. The monoisotopic (exact) mass is 279 g/mol. The van der Waals surface area contributed by atoms with Crippen molar-refractivity contribution in [1.82, 2.24) is 4.90 Å². The topological polar surface area (TPSA) is 82.8 Å². The van der Waals surface area contributed by atoms with Crippen molar-refractivity contribution in [2.45, 2.75) is 6.92 Å². The molecule has 1 heterocycles. The van der Waals surface area contributed by atoms with Crippen LogP contribution >= 0.6 is 11.3 Å². The van der Waals surface area contributed by atoms with E-state index >= 15 is 0 Å². The third-order valence-corrected chi connectivity index (χ3v) is 3.04. The van der Waals surface area contributed by atoms with Crippen LogP contribution < -0.4 is 0 Å². The van der Waals surface area contributed by atoms with Gasteiger partial charge in [0.2, 0.25) is 0 Å². The van der Waals surface area contributed by atoms with Crippen LogP contribution in [0.15, 0.2) is 4.99 Å². The molecular formula is C12H13N3O3S. The van der Waals surface area contributed by atoms with E-state index in [9.17, 15) is 9.59 Å². The summed E-state index contributed by atoms with van der Waals surface area (Å²) in [4.78, 5) is 28.7. The average molecular weight is 279 g/mol. The van der Waals surface area contributed by atoms with Crippen LogP contribution in [0, 0.1) is 11.3 Å². The van der Waals surface area contributed by atoms with Crippen molar-refractivity contribution in [3.8, 4) is 6.07 Å². The van der Waals surface area contributed by atoms with Gasteiger partial charge in [0.25, 0.3) is 0 Å². The number of esters is 1. The highest BCUT2D eigenvalue weighted by atomic mass is 32.1. The number of rotatable bonds is 5. The molecule has 0 fully saturated rings. The quantitative estimate of drug-likeness (QED) is 0.355. The van der Waals surface area contributed by atoms with E-state index in [1.54, 1.807) is 25.9 Å². The van der Waals surface area contributed by atoms with E-state index < -0.39 is 5.97 Å². The van der Waals surface area contributed by atoms with Gasteiger partial charge in [-0.05, 0) is 6.92 Å². The van der Waals surface area contributed by atoms with Crippen molar-refractivity contribution in [1.29, 1.82) is 5.26 Å². The zero-order valence-electron chi connectivity index (χ0n) is 10.8. The van der Waals surface area contributed by atoms with E-state index in [-0.39, 0.29) is 22.6 Å². The Morgan fingerprint density at radius 3 is 2.74 bits per heavy atom. The molecule has 0 saturated heterocycles. The molecule has 0 saturated carbocycles. The Morgan fingerprint density at radius 1 is 1.58 bits per heavy atom. The second-order valence-corrected chi connectivity index (χ2v) is 4.71. The molecule has 0 aromatic carbocycles. The molecule has 1 aromatic heterocycles. The molecule has 0 aliphatic heterocycles. The predicted molar refractivity (Wildman–Crippen MR) is 72.2 cm³/mol. The normalized spacial score (nSPS) is 10.2. The van der Waals surface area contributed by atoms with E-state index in [0.29, 0.717) is 11.3 Å². The third kappa shape index (κ3) is 3.39. The number of hydrogen-bond donors (Lipinski definition) is 0. The average Bonchev–Trinajstić information content (AvgIpc) is 2.74. The van der Waals surface area contributed by atoms with Crippen LogP contribution in [-0.2, 0) is 4.74 Å². The van der Waals surface area contributed by atoms with Crippen molar-refractivity contribution >= 4 is 34.9 Å². The summed E-state index contributed by atoms with van der Waals surface area (Å²) in [6.45, 7) is 1.83. The Morgan fingerprint density at radius 2 is 2.26 bits per heavy atom. The number of ether oxygens (including phenoxy) is 1. The molecule has 0 bridgehead atoms. The van der Waals surface area contributed by atoms with Gasteiger partial charge in [-0.15, -0.1) is 11.3 Å². The van der Waals surface area contributed by atoms with Crippen LogP contribution in [0.25, 0.3) is 0 Å². The lowest BCUT2D eigenvalue weighted by molar-refractivity contribution is 0.0524. The number of carbonyl (C=O) groups is 2. The summed E-state index contributed by atoms with van der Waals surface area (Å²) in [7, 11) is 3.55. The smallest absolute Gasteiger partial charge is 0.341 e. The Hall–Kier alpha value is -2.20. The lowest BCUT2D eigenvalue weighted by Gasteiger charge is -2.01. The minimum Gasteiger partial charge on any atom is -0.462 e. The van der Waals surface area contributed by atoms with Crippen molar-refractivity contribution in [2.75, 3.05) is 20.7 Å². The third-order valence-electron chi connectivity index (χ3n) is 2.02. The van der Waals surface area contributed by atoms with Crippen LogP contribution in [0.1, 0.15) is 32.5 Å². The first-order chi connectivity index (χ1) is 9.04. The summed E-state index contributed by atoms with van der Waals surface area (Å²) < 4.78 is 4.85. The van der Waals surface area contributed by atoms with E-state index in [2.05, 4.69) is 4.99 Å². The Bertz CT molecular complexity index is 555. The Balaban J connectivity index is 3.34.